The Morgan fingerprint density at radius 2 is 1.89 bits per heavy atom. The lowest BCUT2D eigenvalue weighted by atomic mass is 10.0. The lowest BCUT2D eigenvalue weighted by molar-refractivity contribution is 0.262. The number of fused-ring (bicyclic) bond motifs is 3. The summed E-state index contributed by atoms with van der Waals surface area (Å²) in [6.07, 6.45) is 1.20. The van der Waals surface area contributed by atoms with Crippen LogP contribution in [0.25, 0.3) is 10.9 Å². The minimum Gasteiger partial charge on any atom is -0.346 e. The van der Waals surface area contributed by atoms with Gasteiger partial charge >= 0.3 is 0 Å². The van der Waals surface area contributed by atoms with Gasteiger partial charge in [-0.3, -0.25) is 4.90 Å². The average molecular weight is 244 g/mol. The van der Waals surface area contributed by atoms with Crippen LogP contribution in [-0.2, 0) is 20.0 Å². The molecule has 0 unspecified atom stereocenters. The van der Waals surface area contributed by atoms with Crippen molar-refractivity contribution in [2.24, 2.45) is 7.05 Å². The molecular weight excluding hydrogens is 220 g/mol. The zero-order chi connectivity index (χ0) is 13.1. The molecule has 1 aromatic heterocycles. The molecule has 2 heteroatoms. The Morgan fingerprint density at radius 3 is 2.61 bits per heavy atom. The first-order valence-electron chi connectivity index (χ1n) is 7.08. The van der Waals surface area contributed by atoms with Crippen LogP contribution in [0.5, 0.6) is 0 Å². The highest BCUT2D eigenvalue weighted by Crippen LogP contribution is 2.29. The van der Waals surface area contributed by atoms with Gasteiger partial charge in [-0.25, -0.2) is 0 Å². The fourth-order valence-electron chi connectivity index (χ4n) is 2.84. The smallest absolute Gasteiger partial charge is 0.0483 e. The third-order valence-electron chi connectivity index (χ3n) is 3.84. The van der Waals surface area contributed by atoms with Gasteiger partial charge < -0.3 is 4.57 Å². The van der Waals surface area contributed by atoms with Crippen molar-refractivity contribution < 1.29 is 0 Å². The van der Waals surface area contributed by atoms with Crippen molar-refractivity contribution in [3.05, 3.63) is 35.5 Å². The maximum atomic E-state index is 2.52. The van der Waals surface area contributed by atoms with E-state index in [0.29, 0.717) is 0 Å². The van der Waals surface area contributed by atoms with Crippen LogP contribution in [0.4, 0.5) is 0 Å². The number of nitrogens with zero attached hydrogens (tertiary/aromatic N) is 2. The van der Waals surface area contributed by atoms with Crippen LogP contribution in [0.2, 0.25) is 0 Å². The van der Waals surface area contributed by atoms with Gasteiger partial charge in [0.15, 0.2) is 0 Å². The molecule has 0 saturated heterocycles. The Bertz CT molecular complexity index is 525. The molecule has 0 bridgehead atoms. The van der Waals surface area contributed by atoms with Gasteiger partial charge in [0.05, 0.1) is 0 Å². The second-order valence-corrected chi connectivity index (χ2v) is 4.62. The molecule has 0 radical (unpaired) electrons. The van der Waals surface area contributed by atoms with Gasteiger partial charge in [-0.05, 0) is 24.6 Å². The van der Waals surface area contributed by atoms with Crippen molar-refractivity contribution in [2.75, 3.05) is 13.1 Å². The molecule has 2 heterocycles. The average Bonchev–Trinajstić information content (AvgIpc) is 2.75. The minimum absolute atomic E-state index is 1.11. The van der Waals surface area contributed by atoms with Crippen LogP contribution in [-0.4, -0.2) is 22.6 Å². The Hall–Kier alpha value is -1.28. The summed E-state index contributed by atoms with van der Waals surface area (Å²) < 4.78 is 2.37. The van der Waals surface area contributed by atoms with Crippen LogP contribution >= 0.6 is 0 Å². The molecule has 0 atom stereocenters. The number of likely N-dealkylation sites (N-methyl/N-ethyl adjacent to an activating group) is 1. The summed E-state index contributed by atoms with van der Waals surface area (Å²) in [4.78, 5) is 2.52. The molecule has 1 aromatic carbocycles. The highest BCUT2D eigenvalue weighted by atomic mass is 15.1. The zero-order valence-electron chi connectivity index (χ0n) is 12.0. The van der Waals surface area contributed by atoms with Gasteiger partial charge in [0.2, 0.25) is 0 Å². The van der Waals surface area contributed by atoms with Crippen molar-refractivity contribution >= 4 is 10.9 Å². The Morgan fingerprint density at radius 1 is 1.17 bits per heavy atom. The largest absolute Gasteiger partial charge is 0.346 e. The predicted molar refractivity (Wildman–Crippen MR) is 78.9 cm³/mol. The topological polar surface area (TPSA) is 8.17 Å². The minimum atomic E-state index is 1.11. The summed E-state index contributed by atoms with van der Waals surface area (Å²) in [5, 5.41) is 1.45. The number of aryl methyl sites for hydroxylation is 1. The van der Waals surface area contributed by atoms with E-state index in [-0.39, 0.29) is 0 Å². The van der Waals surface area contributed by atoms with Crippen LogP contribution in [0.3, 0.4) is 0 Å². The molecule has 18 heavy (non-hydrogen) atoms. The molecule has 0 N–H and O–H groups in total. The first-order chi connectivity index (χ1) is 8.81. The van der Waals surface area contributed by atoms with Gasteiger partial charge in [0.1, 0.15) is 0 Å². The van der Waals surface area contributed by atoms with Crippen molar-refractivity contribution in [2.45, 2.75) is 33.7 Å². The molecule has 1 aliphatic rings. The second-order valence-electron chi connectivity index (χ2n) is 4.62. The standard InChI is InChI=1S/C14H18N2.C2H6/c1-3-16-9-8-12-11-6-4-5-7-13(11)15(2)14(12)10-16;1-2/h4-7H,3,8-10H2,1-2H3;1-2H3. The summed E-state index contributed by atoms with van der Waals surface area (Å²) in [5.74, 6) is 0. The quantitative estimate of drug-likeness (QED) is 0.744. The van der Waals surface area contributed by atoms with Gasteiger partial charge in [-0.1, -0.05) is 39.0 Å². The molecule has 0 aliphatic carbocycles. The highest BCUT2D eigenvalue weighted by Gasteiger charge is 2.21. The zero-order valence-corrected chi connectivity index (χ0v) is 12.0. The molecule has 0 spiro atoms. The predicted octanol–water partition coefficient (Wildman–Crippen LogP) is 3.58. The van der Waals surface area contributed by atoms with Crippen molar-refractivity contribution in [1.29, 1.82) is 0 Å². The molecule has 98 valence electrons. The third-order valence-corrected chi connectivity index (χ3v) is 3.84. The molecular formula is C16H24N2. The van der Waals surface area contributed by atoms with E-state index >= 15 is 0 Å². The van der Waals surface area contributed by atoms with E-state index in [0.717, 1.165) is 13.1 Å². The number of hydrogen-bond donors (Lipinski definition) is 0. The second kappa shape index (κ2) is 5.57. The molecule has 2 aromatic rings. The van der Waals surface area contributed by atoms with Gasteiger partial charge in [-0.15, -0.1) is 0 Å². The molecule has 1 aliphatic heterocycles. The summed E-state index contributed by atoms with van der Waals surface area (Å²) in [7, 11) is 2.19. The number of rotatable bonds is 1. The van der Waals surface area contributed by atoms with E-state index in [1.54, 1.807) is 5.56 Å². The van der Waals surface area contributed by atoms with E-state index in [4.69, 9.17) is 0 Å². The van der Waals surface area contributed by atoms with Crippen LogP contribution in [0.1, 0.15) is 32.0 Å². The van der Waals surface area contributed by atoms with E-state index in [2.05, 4.69) is 47.7 Å². The number of para-hydroxylation sites is 1. The molecule has 2 nitrogen and oxygen atoms in total. The van der Waals surface area contributed by atoms with Crippen molar-refractivity contribution in [1.82, 2.24) is 9.47 Å². The first-order valence-corrected chi connectivity index (χ1v) is 7.08. The third kappa shape index (κ3) is 2.05. The van der Waals surface area contributed by atoms with E-state index in [1.807, 2.05) is 13.8 Å². The van der Waals surface area contributed by atoms with E-state index in [1.165, 1.54) is 29.6 Å². The molecule has 0 amide bonds. The van der Waals surface area contributed by atoms with Crippen LogP contribution in [0, 0.1) is 0 Å². The normalized spacial score (nSPS) is 15.1. The Labute approximate surface area is 110 Å². The SMILES string of the molecule is CC.CCN1CCc2c(n(C)c3ccccc23)C1. The molecule has 3 rings (SSSR count). The summed E-state index contributed by atoms with van der Waals surface area (Å²) in [5.41, 5.74) is 4.46. The van der Waals surface area contributed by atoms with Crippen LogP contribution in [0.15, 0.2) is 24.3 Å². The van der Waals surface area contributed by atoms with Gasteiger partial charge in [0.25, 0.3) is 0 Å². The maximum absolute atomic E-state index is 2.52. The van der Waals surface area contributed by atoms with E-state index < -0.39 is 0 Å². The monoisotopic (exact) mass is 244 g/mol. The summed E-state index contributed by atoms with van der Waals surface area (Å²) in [6.45, 7) is 9.71. The number of hydrogen-bond acceptors (Lipinski definition) is 1. The van der Waals surface area contributed by atoms with Crippen LogP contribution < -0.4 is 0 Å². The molecule has 0 fully saturated rings. The van der Waals surface area contributed by atoms with Gasteiger partial charge in [0, 0.05) is 36.7 Å². The summed E-state index contributed by atoms with van der Waals surface area (Å²) >= 11 is 0. The molecule has 0 saturated carbocycles. The number of aromatic nitrogens is 1. The van der Waals surface area contributed by atoms with E-state index in [9.17, 15) is 0 Å². The lowest BCUT2D eigenvalue weighted by Crippen LogP contribution is -2.30. The Balaban J connectivity index is 0.000000574. The van der Waals surface area contributed by atoms with Gasteiger partial charge in [-0.2, -0.15) is 0 Å². The highest BCUT2D eigenvalue weighted by molar-refractivity contribution is 5.85. The maximum Gasteiger partial charge on any atom is 0.0483 e. The lowest BCUT2D eigenvalue weighted by Gasteiger charge is -2.26. The fraction of sp³-hybridized carbons (Fsp3) is 0.500. The Kier molecular flexibility index (Phi) is 4.07. The van der Waals surface area contributed by atoms with Crippen molar-refractivity contribution in [3.63, 3.8) is 0 Å². The van der Waals surface area contributed by atoms with Crippen molar-refractivity contribution in [3.8, 4) is 0 Å². The summed E-state index contributed by atoms with van der Waals surface area (Å²) in [6, 6.07) is 8.76. The fourth-order valence-corrected chi connectivity index (χ4v) is 2.84. The number of benzene rings is 1. The first kappa shape index (κ1) is 13.2.